The lowest BCUT2D eigenvalue weighted by Gasteiger charge is -2.29. The molecular weight excluding hydrogens is 362 g/mol. The van der Waals surface area contributed by atoms with Gasteiger partial charge in [0.25, 0.3) is 0 Å². The molecule has 0 unspecified atom stereocenters. The van der Waals surface area contributed by atoms with E-state index < -0.39 is 6.03 Å². The summed E-state index contributed by atoms with van der Waals surface area (Å²) in [6, 6.07) is 4.59. The van der Waals surface area contributed by atoms with Crippen LogP contribution in [0.4, 0.5) is 20.7 Å². The van der Waals surface area contributed by atoms with Gasteiger partial charge in [-0.1, -0.05) is 29.9 Å². The Labute approximate surface area is 155 Å². The number of amides is 2. The van der Waals surface area contributed by atoms with Crippen molar-refractivity contribution >= 4 is 44.9 Å². The molecule has 2 N–H and O–H groups in total. The molecule has 1 aromatic carbocycles. The van der Waals surface area contributed by atoms with E-state index in [2.05, 4.69) is 32.7 Å². The quantitative estimate of drug-likeness (QED) is 0.834. The van der Waals surface area contributed by atoms with Gasteiger partial charge >= 0.3 is 6.03 Å². The van der Waals surface area contributed by atoms with Crippen molar-refractivity contribution < 1.29 is 9.53 Å². The second kappa shape index (κ2) is 7.88. The molecule has 1 aliphatic rings. The molecule has 0 radical (unpaired) electrons. The fraction of sp³-hybridized carbons (Fsp3) is 0.438. The van der Waals surface area contributed by atoms with Gasteiger partial charge in [0.1, 0.15) is 5.75 Å². The predicted molar refractivity (Wildman–Crippen MR) is 101 cm³/mol. The van der Waals surface area contributed by atoms with E-state index in [9.17, 15) is 4.79 Å². The number of anilines is 3. The summed E-state index contributed by atoms with van der Waals surface area (Å²) in [4.78, 5) is 14.4. The number of aromatic nitrogens is 2. The summed E-state index contributed by atoms with van der Waals surface area (Å²) in [6.45, 7) is 4.18. The number of benzene rings is 1. The molecule has 0 aliphatic carbocycles. The zero-order chi connectivity index (χ0) is 17.8. The lowest BCUT2D eigenvalue weighted by Crippen LogP contribution is -2.34. The van der Waals surface area contributed by atoms with Crippen LogP contribution in [0.1, 0.15) is 19.8 Å². The molecule has 1 atom stereocenters. The van der Waals surface area contributed by atoms with E-state index >= 15 is 0 Å². The second-order valence-electron chi connectivity index (χ2n) is 6.01. The number of urea groups is 1. The van der Waals surface area contributed by atoms with Crippen LogP contribution in [0.2, 0.25) is 5.02 Å². The molecule has 2 heterocycles. The monoisotopic (exact) mass is 381 g/mol. The van der Waals surface area contributed by atoms with Crippen LogP contribution in [-0.2, 0) is 0 Å². The molecule has 0 saturated carbocycles. The van der Waals surface area contributed by atoms with Crippen LogP contribution in [-0.4, -0.2) is 36.4 Å². The Morgan fingerprint density at radius 2 is 2.24 bits per heavy atom. The molecule has 25 heavy (non-hydrogen) atoms. The third-order valence-electron chi connectivity index (χ3n) is 3.97. The molecule has 3 rings (SSSR count). The van der Waals surface area contributed by atoms with Gasteiger partial charge in [0, 0.05) is 18.1 Å². The van der Waals surface area contributed by atoms with Gasteiger partial charge < -0.3 is 15.0 Å². The molecule has 1 fully saturated rings. The number of ether oxygens (including phenoxy) is 1. The van der Waals surface area contributed by atoms with E-state index in [4.69, 9.17) is 16.3 Å². The highest BCUT2D eigenvalue weighted by Crippen LogP contribution is 2.30. The largest absolute Gasteiger partial charge is 0.495 e. The lowest BCUT2D eigenvalue weighted by atomic mass is 10.0. The van der Waals surface area contributed by atoms with Gasteiger partial charge in [0.05, 0.1) is 12.8 Å². The summed E-state index contributed by atoms with van der Waals surface area (Å²) >= 11 is 7.33. The van der Waals surface area contributed by atoms with Crippen LogP contribution < -0.4 is 20.3 Å². The fourth-order valence-corrected chi connectivity index (χ4v) is 3.73. The van der Waals surface area contributed by atoms with Gasteiger partial charge in [-0.25, -0.2) is 4.79 Å². The normalized spacial score (nSPS) is 17.2. The third kappa shape index (κ3) is 4.52. The maximum Gasteiger partial charge on any atom is 0.325 e. The highest BCUT2D eigenvalue weighted by Gasteiger charge is 2.20. The van der Waals surface area contributed by atoms with Gasteiger partial charge in [0.2, 0.25) is 10.3 Å². The van der Waals surface area contributed by atoms with E-state index in [1.54, 1.807) is 18.2 Å². The molecule has 0 spiro atoms. The Balaban J connectivity index is 1.63. The first-order chi connectivity index (χ1) is 12.0. The minimum Gasteiger partial charge on any atom is -0.495 e. The minimum absolute atomic E-state index is 0.421. The van der Waals surface area contributed by atoms with Crippen molar-refractivity contribution in [1.82, 2.24) is 10.2 Å². The Morgan fingerprint density at radius 3 is 3.00 bits per heavy atom. The topological polar surface area (TPSA) is 79.4 Å². The van der Waals surface area contributed by atoms with Crippen molar-refractivity contribution in [2.75, 3.05) is 35.7 Å². The first kappa shape index (κ1) is 17.8. The third-order valence-corrected chi connectivity index (χ3v) is 5.11. The molecule has 0 bridgehead atoms. The van der Waals surface area contributed by atoms with Crippen LogP contribution in [0.3, 0.4) is 0 Å². The Morgan fingerprint density at radius 1 is 1.40 bits per heavy atom. The molecule has 9 heteroatoms. The van der Waals surface area contributed by atoms with E-state index in [1.165, 1.54) is 24.9 Å². The van der Waals surface area contributed by atoms with Gasteiger partial charge in [-0.2, -0.15) is 0 Å². The summed E-state index contributed by atoms with van der Waals surface area (Å²) in [5.74, 6) is 1.17. The summed E-state index contributed by atoms with van der Waals surface area (Å²) in [7, 11) is 1.53. The molecule has 2 aromatic rings. The maximum absolute atomic E-state index is 12.2. The van der Waals surface area contributed by atoms with E-state index in [-0.39, 0.29) is 0 Å². The van der Waals surface area contributed by atoms with Gasteiger partial charge in [-0.3, -0.25) is 5.32 Å². The van der Waals surface area contributed by atoms with Crippen LogP contribution in [0, 0.1) is 5.92 Å². The van der Waals surface area contributed by atoms with Crippen molar-refractivity contribution in [1.29, 1.82) is 0 Å². The molecule has 1 aromatic heterocycles. The Kier molecular flexibility index (Phi) is 5.60. The van der Waals surface area contributed by atoms with E-state index in [1.807, 2.05) is 0 Å². The van der Waals surface area contributed by atoms with Gasteiger partial charge in [0.15, 0.2) is 0 Å². The lowest BCUT2D eigenvalue weighted by molar-refractivity contribution is 0.262. The summed E-state index contributed by atoms with van der Waals surface area (Å²) < 4.78 is 5.21. The Bertz CT molecular complexity index is 754. The molecule has 1 saturated heterocycles. The van der Waals surface area contributed by atoms with Crippen LogP contribution in [0.15, 0.2) is 18.2 Å². The average molecular weight is 382 g/mol. The smallest absolute Gasteiger partial charge is 0.325 e. The van der Waals surface area contributed by atoms with Gasteiger partial charge in [-0.15, -0.1) is 10.2 Å². The van der Waals surface area contributed by atoms with E-state index in [0.717, 1.165) is 24.6 Å². The zero-order valence-electron chi connectivity index (χ0n) is 14.1. The first-order valence-electron chi connectivity index (χ1n) is 8.05. The molecular formula is C16H20ClN5O2S. The van der Waals surface area contributed by atoms with Crippen molar-refractivity contribution in [3.05, 3.63) is 23.2 Å². The van der Waals surface area contributed by atoms with Crippen molar-refractivity contribution in [3.8, 4) is 5.75 Å². The number of methoxy groups -OCH3 is 1. The van der Waals surface area contributed by atoms with Crippen LogP contribution >= 0.6 is 22.9 Å². The summed E-state index contributed by atoms with van der Waals surface area (Å²) in [6.07, 6.45) is 2.39. The van der Waals surface area contributed by atoms with Crippen molar-refractivity contribution in [2.24, 2.45) is 5.92 Å². The number of rotatable bonds is 4. The molecule has 2 amide bonds. The number of hydrogen-bond donors (Lipinski definition) is 2. The maximum atomic E-state index is 12.2. The van der Waals surface area contributed by atoms with Gasteiger partial charge in [-0.05, 0) is 37.0 Å². The van der Waals surface area contributed by atoms with Crippen LogP contribution in [0.25, 0.3) is 0 Å². The highest BCUT2D eigenvalue weighted by molar-refractivity contribution is 7.19. The Hall–Kier alpha value is -2.06. The molecule has 134 valence electrons. The standard InChI is InChI=1S/C16H20ClN5O2S/c1-10-4-3-7-22(9-10)16-21-20-15(25-16)19-14(23)18-12-8-11(17)5-6-13(12)24-2/h5-6,8,10H,3-4,7,9H2,1-2H3,(H2,18,19,20,23)/t10-/m1/s1. The number of piperidine rings is 1. The number of carbonyl (C=O) groups excluding carboxylic acids is 1. The second-order valence-corrected chi connectivity index (χ2v) is 7.40. The first-order valence-corrected chi connectivity index (χ1v) is 9.24. The van der Waals surface area contributed by atoms with Crippen molar-refractivity contribution in [2.45, 2.75) is 19.8 Å². The average Bonchev–Trinajstić information content (AvgIpc) is 3.03. The molecule has 7 nitrogen and oxygen atoms in total. The van der Waals surface area contributed by atoms with Crippen molar-refractivity contribution in [3.63, 3.8) is 0 Å². The zero-order valence-corrected chi connectivity index (χ0v) is 15.7. The minimum atomic E-state index is -0.421. The number of hydrogen-bond acceptors (Lipinski definition) is 6. The highest BCUT2D eigenvalue weighted by atomic mass is 35.5. The number of carbonyl (C=O) groups is 1. The number of nitrogens with zero attached hydrogens (tertiary/aromatic N) is 3. The van der Waals surface area contributed by atoms with Crippen LogP contribution in [0.5, 0.6) is 5.75 Å². The number of halogens is 1. The fourth-order valence-electron chi connectivity index (χ4n) is 2.79. The van der Waals surface area contributed by atoms with E-state index in [0.29, 0.717) is 27.5 Å². The molecule has 1 aliphatic heterocycles. The number of nitrogens with one attached hydrogen (secondary N) is 2. The summed E-state index contributed by atoms with van der Waals surface area (Å²) in [5.41, 5.74) is 0.488. The SMILES string of the molecule is COc1ccc(Cl)cc1NC(=O)Nc1nnc(N2CCC[C@@H](C)C2)s1. The summed E-state index contributed by atoms with van der Waals surface area (Å²) in [5, 5.41) is 15.5. The predicted octanol–water partition coefficient (Wildman–Crippen LogP) is 4.08.